The average molecular weight is 368 g/mol. The fraction of sp³-hybridized carbons (Fsp3) is 0.381. The number of nitrogens with zero attached hydrogens (tertiary/aromatic N) is 1. The highest BCUT2D eigenvalue weighted by molar-refractivity contribution is 5.99. The molecule has 27 heavy (non-hydrogen) atoms. The van der Waals surface area contributed by atoms with E-state index in [1.54, 1.807) is 18.1 Å². The fourth-order valence-electron chi connectivity index (χ4n) is 4.27. The van der Waals surface area contributed by atoms with Crippen LogP contribution < -0.4 is 10.5 Å². The Kier molecular flexibility index (Phi) is 4.44. The molecule has 2 aromatic carbocycles. The fourth-order valence-corrected chi connectivity index (χ4v) is 4.27. The minimum absolute atomic E-state index is 0.0373. The van der Waals surface area contributed by atoms with E-state index in [2.05, 4.69) is 6.07 Å². The van der Waals surface area contributed by atoms with Gasteiger partial charge in [0, 0.05) is 24.3 Å². The highest BCUT2D eigenvalue weighted by Crippen LogP contribution is 2.46. The van der Waals surface area contributed by atoms with Crippen molar-refractivity contribution in [2.45, 2.75) is 24.9 Å². The van der Waals surface area contributed by atoms with Crippen LogP contribution in [0.15, 0.2) is 36.4 Å². The molecule has 0 radical (unpaired) electrons. The zero-order chi connectivity index (χ0) is 19.0. The molecule has 0 atom stereocenters. The van der Waals surface area contributed by atoms with Gasteiger partial charge in [-0.15, -0.1) is 0 Å². The zero-order valence-electron chi connectivity index (χ0n) is 15.4. The van der Waals surface area contributed by atoms with Crippen molar-refractivity contribution in [1.29, 1.82) is 0 Å². The third kappa shape index (κ3) is 3.00. The van der Waals surface area contributed by atoms with E-state index in [-0.39, 0.29) is 11.7 Å². The van der Waals surface area contributed by atoms with Crippen molar-refractivity contribution in [3.8, 4) is 11.5 Å². The summed E-state index contributed by atoms with van der Waals surface area (Å²) in [5, 5.41) is 9.69. The van der Waals surface area contributed by atoms with Crippen LogP contribution in [-0.4, -0.2) is 42.7 Å². The van der Waals surface area contributed by atoms with Crippen LogP contribution in [0, 0.1) is 0 Å². The predicted molar refractivity (Wildman–Crippen MR) is 102 cm³/mol. The number of anilines is 1. The molecule has 0 unspecified atom stereocenters. The summed E-state index contributed by atoms with van der Waals surface area (Å²) in [5.41, 5.74) is 8.62. The topological polar surface area (TPSA) is 85.0 Å². The Bertz CT molecular complexity index is 858. The molecule has 0 aliphatic carbocycles. The van der Waals surface area contributed by atoms with Gasteiger partial charge in [0.25, 0.3) is 5.91 Å². The Morgan fingerprint density at radius 2 is 2.04 bits per heavy atom. The van der Waals surface area contributed by atoms with Crippen molar-refractivity contribution in [2.24, 2.45) is 0 Å². The molecule has 2 heterocycles. The van der Waals surface area contributed by atoms with Gasteiger partial charge >= 0.3 is 0 Å². The zero-order valence-corrected chi connectivity index (χ0v) is 15.4. The number of ether oxygens (including phenoxy) is 2. The lowest BCUT2D eigenvalue weighted by Gasteiger charge is -2.45. The monoisotopic (exact) mass is 368 g/mol. The van der Waals surface area contributed by atoms with E-state index >= 15 is 0 Å². The van der Waals surface area contributed by atoms with Crippen LogP contribution in [0.5, 0.6) is 11.5 Å². The molecule has 1 amide bonds. The maximum absolute atomic E-state index is 12.9. The van der Waals surface area contributed by atoms with Crippen molar-refractivity contribution in [3.05, 3.63) is 53.1 Å². The molecule has 1 saturated heterocycles. The molecule has 0 aromatic heterocycles. The maximum Gasteiger partial charge on any atom is 0.256 e. The van der Waals surface area contributed by atoms with E-state index in [4.69, 9.17) is 15.2 Å². The number of phenolic OH excluding ortho intramolecular Hbond substituents is 1. The first-order valence-electron chi connectivity index (χ1n) is 9.22. The molecular weight excluding hydrogens is 344 g/mol. The molecule has 2 aliphatic rings. The largest absolute Gasteiger partial charge is 0.508 e. The van der Waals surface area contributed by atoms with Gasteiger partial charge in [-0.2, -0.15) is 0 Å². The summed E-state index contributed by atoms with van der Waals surface area (Å²) in [6, 6.07) is 10.6. The number of nitrogen functional groups attached to an aromatic ring is 1. The number of fused-ring (bicyclic) bond motifs is 2. The minimum Gasteiger partial charge on any atom is -0.508 e. The standard InChI is InChI=1S/C21H24N2O4/c1-26-18-4-2-3-14-7-12-27-21(19(14)18)8-10-23(11-9-21)20(25)16-13-15(24)5-6-17(16)22/h2-6,13,24H,7-12,22H2,1H3. The van der Waals surface area contributed by atoms with Crippen LogP contribution in [-0.2, 0) is 16.8 Å². The van der Waals surface area contributed by atoms with E-state index in [1.807, 2.05) is 12.1 Å². The molecule has 2 aliphatic heterocycles. The van der Waals surface area contributed by atoms with Gasteiger partial charge in [-0.3, -0.25) is 4.79 Å². The van der Waals surface area contributed by atoms with Crippen LogP contribution in [0.1, 0.15) is 34.3 Å². The van der Waals surface area contributed by atoms with Gasteiger partial charge in [0.1, 0.15) is 17.1 Å². The second-order valence-corrected chi connectivity index (χ2v) is 7.15. The number of carbonyl (C=O) groups excluding carboxylic acids is 1. The van der Waals surface area contributed by atoms with Gasteiger partial charge in [-0.05, 0) is 49.1 Å². The average Bonchev–Trinajstić information content (AvgIpc) is 2.70. The van der Waals surface area contributed by atoms with E-state index in [1.165, 1.54) is 17.7 Å². The number of rotatable bonds is 2. The lowest BCUT2D eigenvalue weighted by molar-refractivity contribution is -0.0946. The van der Waals surface area contributed by atoms with Gasteiger partial charge < -0.3 is 25.2 Å². The number of carbonyl (C=O) groups is 1. The summed E-state index contributed by atoms with van der Waals surface area (Å²) in [6.07, 6.45) is 2.27. The summed E-state index contributed by atoms with van der Waals surface area (Å²) in [4.78, 5) is 14.7. The van der Waals surface area contributed by atoms with Gasteiger partial charge in [0.15, 0.2) is 0 Å². The molecule has 3 N–H and O–H groups in total. The Labute approximate surface area is 158 Å². The smallest absolute Gasteiger partial charge is 0.256 e. The quantitative estimate of drug-likeness (QED) is 0.629. The lowest BCUT2D eigenvalue weighted by atomic mass is 9.78. The first-order chi connectivity index (χ1) is 13.0. The first kappa shape index (κ1) is 17.7. The number of piperidine rings is 1. The molecule has 4 rings (SSSR count). The second kappa shape index (κ2) is 6.78. The van der Waals surface area contributed by atoms with E-state index in [0.29, 0.717) is 43.8 Å². The first-order valence-corrected chi connectivity index (χ1v) is 9.22. The number of nitrogens with two attached hydrogens (primary N) is 1. The summed E-state index contributed by atoms with van der Waals surface area (Å²) < 4.78 is 11.9. The Morgan fingerprint density at radius 1 is 1.26 bits per heavy atom. The van der Waals surface area contributed by atoms with Crippen LogP contribution in [0.25, 0.3) is 0 Å². The number of hydrogen-bond donors (Lipinski definition) is 2. The Hall–Kier alpha value is -2.73. The highest BCUT2D eigenvalue weighted by atomic mass is 16.5. The van der Waals surface area contributed by atoms with Gasteiger partial charge in [-0.1, -0.05) is 12.1 Å². The van der Waals surface area contributed by atoms with Crippen molar-refractivity contribution >= 4 is 11.6 Å². The van der Waals surface area contributed by atoms with E-state index < -0.39 is 5.60 Å². The molecule has 1 spiro atoms. The number of methoxy groups -OCH3 is 1. The van der Waals surface area contributed by atoms with E-state index in [0.717, 1.165) is 17.7 Å². The number of amides is 1. The normalized spacial score (nSPS) is 18.2. The lowest BCUT2D eigenvalue weighted by Crippen LogP contribution is -2.48. The summed E-state index contributed by atoms with van der Waals surface area (Å²) in [5.74, 6) is 0.730. The molecule has 6 nitrogen and oxygen atoms in total. The van der Waals surface area contributed by atoms with Crippen molar-refractivity contribution in [2.75, 3.05) is 32.5 Å². The molecule has 0 bridgehead atoms. The molecular formula is C21H24N2O4. The number of benzene rings is 2. The van der Waals surface area contributed by atoms with Crippen molar-refractivity contribution < 1.29 is 19.4 Å². The SMILES string of the molecule is COc1cccc2c1C1(CCN(C(=O)c3cc(O)ccc3N)CC1)OCC2. The third-order valence-electron chi connectivity index (χ3n) is 5.66. The summed E-state index contributed by atoms with van der Waals surface area (Å²) in [7, 11) is 1.68. The minimum atomic E-state index is -0.415. The third-order valence-corrected chi connectivity index (χ3v) is 5.66. The second-order valence-electron chi connectivity index (χ2n) is 7.15. The van der Waals surface area contributed by atoms with E-state index in [9.17, 15) is 9.90 Å². The predicted octanol–water partition coefficient (Wildman–Crippen LogP) is 2.69. The van der Waals surface area contributed by atoms with Crippen LogP contribution in [0.3, 0.4) is 0 Å². The summed E-state index contributed by atoms with van der Waals surface area (Å²) in [6.45, 7) is 1.80. The molecule has 0 saturated carbocycles. The van der Waals surface area contributed by atoms with Crippen LogP contribution >= 0.6 is 0 Å². The Morgan fingerprint density at radius 3 is 2.78 bits per heavy atom. The summed E-state index contributed by atoms with van der Waals surface area (Å²) >= 11 is 0. The van der Waals surface area contributed by atoms with Crippen LogP contribution in [0.4, 0.5) is 5.69 Å². The van der Waals surface area contributed by atoms with Gasteiger partial charge in [-0.25, -0.2) is 0 Å². The Balaban J connectivity index is 1.58. The molecule has 142 valence electrons. The van der Waals surface area contributed by atoms with Crippen molar-refractivity contribution in [1.82, 2.24) is 4.90 Å². The van der Waals surface area contributed by atoms with Crippen LogP contribution in [0.2, 0.25) is 0 Å². The van der Waals surface area contributed by atoms with Crippen molar-refractivity contribution in [3.63, 3.8) is 0 Å². The molecule has 6 heteroatoms. The number of phenols is 1. The number of hydrogen-bond acceptors (Lipinski definition) is 5. The molecule has 2 aromatic rings. The number of aromatic hydroxyl groups is 1. The van der Waals surface area contributed by atoms with Gasteiger partial charge in [0.05, 0.1) is 19.3 Å². The molecule has 1 fully saturated rings. The highest BCUT2D eigenvalue weighted by Gasteiger charge is 2.43. The van der Waals surface area contributed by atoms with Gasteiger partial charge in [0.2, 0.25) is 0 Å². The maximum atomic E-state index is 12.9. The number of likely N-dealkylation sites (tertiary alicyclic amines) is 1.